The average molecular weight is 1170 g/mol. The van der Waals surface area contributed by atoms with Crippen LogP contribution in [0.25, 0.3) is 43.4 Å². The summed E-state index contributed by atoms with van der Waals surface area (Å²) in [5.41, 5.74) is 1.67. The number of pyridine rings is 1. The van der Waals surface area contributed by atoms with Crippen LogP contribution >= 0.6 is 68.0 Å². The van der Waals surface area contributed by atoms with Gasteiger partial charge in [0.05, 0.1) is 36.2 Å². The van der Waals surface area contributed by atoms with Crippen LogP contribution in [0.5, 0.6) is 0 Å². The van der Waals surface area contributed by atoms with Crippen molar-refractivity contribution in [2.24, 2.45) is 5.84 Å². The quantitative estimate of drug-likeness (QED) is 0.0638. The number of aromatic nitrogens is 7. The number of aliphatic hydroxyl groups excluding tert-OH is 1. The van der Waals surface area contributed by atoms with Crippen molar-refractivity contribution < 1.29 is 43.3 Å². The molecule has 0 spiro atoms. The van der Waals surface area contributed by atoms with Crippen molar-refractivity contribution in [3.05, 3.63) is 106 Å². The normalized spacial score (nSPS) is 15.8. The number of hydrogen-bond acceptors (Lipinski definition) is 23. The fourth-order valence-electron chi connectivity index (χ4n) is 7.62. The number of carbonyl (C=O) groups excluding carboxylic acids is 6. The van der Waals surface area contributed by atoms with Gasteiger partial charge in [-0.1, -0.05) is 41.7 Å². The summed E-state index contributed by atoms with van der Waals surface area (Å²) in [4.78, 5) is 117. The van der Waals surface area contributed by atoms with E-state index < -0.39 is 66.0 Å². The summed E-state index contributed by atoms with van der Waals surface area (Å²) in [6, 6.07) is 9.88. The number of fused-ring (bicyclic) bond motifs is 14. The third-order valence-corrected chi connectivity index (χ3v) is 17.0. The molecule has 6 amide bonds. The first-order valence-corrected chi connectivity index (χ1v) is 28.6. The van der Waals surface area contributed by atoms with Crippen molar-refractivity contribution in [3.63, 3.8) is 0 Å². The minimum absolute atomic E-state index is 0.0179. The van der Waals surface area contributed by atoms with Crippen molar-refractivity contribution in [2.45, 2.75) is 64.5 Å². The molecule has 8 heterocycles. The second-order valence-corrected chi connectivity index (χ2v) is 23.9. The highest BCUT2D eigenvalue weighted by molar-refractivity contribution is 7.16. The maximum Gasteiger partial charge on any atom is 0.415 e. The lowest BCUT2D eigenvalue weighted by Gasteiger charge is -2.30. The zero-order chi connectivity index (χ0) is 55.6. The van der Waals surface area contributed by atoms with E-state index in [0.29, 0.717) is 64.5 Å². The molecule has 1 aliphatic rings. The maximum atomic E-state index is 14.2. The van der Waals surface area contributed by atoms with Gasteiger partial charge in [-0.3, -0.25) is 39.2 Å². The number of nitrogens with zero attached hydrogens (tertiary/aromatic N) is 9. The molecule has 1 aromatic carbocycles. The molecule has 0 unspecified atom stereocenters. The van der Waals surface area contributed by atoms with E-state index in [-0.39, 0.29) is 45.3 Å². The monoisotopic (exact) mass is 1170 g/mol. The van der Waals surface area contributed by atoms with E-state index in [1.165, 1.54) is 53.1 Å². The number of methoxy groups -OCH3 is 1. The summed E-state index contributed by atoms with van der Waals surface area (Å²) in [5.74, 6) is 3.66. The van der Waals surface area contributed by atoms with Gasteiger partial charge in [0, 0.05) is 53.2 Å². The van der Waals surface area contributed by atoms with Crippen LogP contribution in [-0.2, 0) is 25.7 Å². The molecular weight excluding hydrogens is 1120 g/mol. The smallest absolute Gasteiger partial charge is 0.415 e. The molecule has 9 rings (SSSR count). The van der Waals surface area contributed by atoms with Crippen LogP contribution < -0.4 is 32.0 Å². The number of nitrogens with one attached hydrogen (secondary N) is 4. The van der Waals surface area contributed by atoms with Crippen LogP contribution in [0.3, 0.4) is 0 Å². The number of ether oxygens (including phenoxy) is 2. The minimum atomic E-state index is -1.38. The molecule has 1 aliphatic heterocycles. The van der Waals surface area contributed by atoms with Crippen LogP contribution in [0, 0.1) is 6.92 Å². The van der Waals surface area contributed by atoms with Gasteiger partial charge < -0.3 is 30.5 Å². The number of benzene rings is 1. The Hall–Kier alpha value is -7.35. The molecule has 8 aromatic rings. The minimum Gasteiger partial charge on any atom is -0.443 e. The third-order valence-electron chi connectivity index (χ3n) is 11.5. The molecule has 404 valence electrons. The molecule has 23 nitrogen and oxygen atoms in total. The SMILES string of the molecule is CNC(=O)C[C@@H]1NC(=O)c2csc(n2)-c2ccc(-c3nc(N(C)C(=O)OC(C)(C)C)cs3)nc2-c2csc(n2)-c2csc(n2)[C@H]([C@@H](O)c2ccccc2)N(N)C(=O)CNC(=O)c2nc(sc2COC)NC(=O)c2nc1sc2C. The first kappa shape index (κ1) is 55.4. The van der Waals surface area contributed by atoms with Gasteiger partial charge in [-0.05, 0) is 45.4 Å². The zero-order valence-corrected chi connectivity index (χ0v) is 47.4. The number of thiazole rings is 6. The maximum absolute atomic E-state index is 14.2. The summed E-state index contributed by atoms with van der Waals surface area (Å²) in [6.45, 7) is 6.27. The number of anilines is 2. The average Bonchev–Trinajstić information content (AvgIpc) is 4.29. The standard InChI is InChI=1S/C49H48N14O9S6/c1-22-34-41(69)61-47-60-36(30(78-47)17-71-7)40(68)52-16-33(65)63(50)37(38(66)23-11-9-8-10-12-23)46-57-29(20-75-46)44-55-27(18-74-44)35-24(13-14-25(53-35)43-58-31(21-76-43)62(6)48(70)72-49(2,3)4)42-56-28(19-73-42)39(67)54-26(15-32(64)51-5)45(59-34)77-22/h8-14,18-21,26,37-38,66H,15-17,50H2,1-7H3,(H,51,64)(H,52,68)(H,54,67)(H,60,61,69)/t26-,37-,38-/m0/s1. The van der Waals surface area contributed by atoms with Gasteiger partial charge in [-0.2, -0.15) is 0 Å². The van der Waals surface area contributed by atoms with Gasteiger partial charge in [0.25, 0.3) is 23.6 Å². The van der Waals surface area contributed by atoms with Crippen LogP contribution in [0.2, 0.25) is 0 Å². The fraction of sp³-hybridized carbons (Fsp3) is 0.286. The third kappa shape index (κ3) is 12.2. The second-order valence-electron chi connectivity index (χ2n) is 18.1. The van der Waals surface area contributed by atoms with Crippen molar-refractivity contribution in [3.8, 4) is 43.4 Å². The lowest BCUT2D eigenvalue weighted by Crippen LogP contribution is -2.47. The predicted octanol–water partition coefficient (Wildman–Crippen LogP) is 7.39. The Kier molecular flexibility index (Phi) is 16.6. The van der Waals surface area contributed by atoms with E-state index in [2.05, 4.69) is 31.2 Å². The van der Waals surface area contributed by atoms with Gasteiger partial charge in [0.2, 0.25) is 5.91 Å². The Morgan fingerprint density at radius 1 is 0.808 bits per heavy atom. The summed E-state index contributed by atoms with van der Waals surface area (Å²) in [5, 5.41) is 32.1. The molecule has 0 fully saturated rings. The number of amides is 6. The van der Waals surface area contributed by atoms with Gasteiger partial charge >= 0.3 is 6.09 Å². The van der Waals surface area contributed by atoms with Crippen molar-refractivity contribution in [2.75, 3.05) is 38.0 Å². The van der Waals surface area contributed by atoms with E-state index in [1.807, 2.05) is 0 Å². The highest BCUT2D eigenvalue weighted by Crippen LogP contribution is 2.41. The number of nitrogens with two attached hydrogens (primary N) is 1. The first-order chi connectivity index (χ1) is 37.3. The molecule has 3 atom stereocenters. The Morgan fingerprint density at radius 2 is 1.51 bits per heavy atom. The molecule has 0 aliphatic carbocycles. The predicted molar refractivity (Wildman–Crippen MR) is 297 cm³/mol. The molecule has 10 bridgehead atoms. The van der Waals surface area contributed by atoms with Crippen LogP contribution in [0.4, 0.5) is 15.7 Å². The first-order valence-electron chi connectivity index (χ1n) is 23.5. The number of aryl methyl sites for hydroxylation is 1. The molecular formula is C49H48N14O9S6. The highest BCUT2D eigenvalue weighted by Gasteiger charge is 2.35. The Labute approximate surface area is 469 Å². The molecule has 78 heavy (non-hydrogen) atoms. The summed E-state index contributed by atoms with van der Waals surface area (Å²) in [7, 11) is 4.44. The number of hydrazine groups is 1. The largest absolute Gasteiger partial charge is 0.443 e. The lowest BCUT2D eigenvalue weighted by atomic mass is 10.0. The van der Waals surface area contributed by atoms with E-state index in [9.17, 15) is 33.9 Å². The van der Waals surface area contributed by atoms with Crippen LogP contribution in [-0.4, -0.2) is 114 Å². The van der Waals surface area contributed by atoms with Gasteiger partial charge in [0.1, 0.15) is 82.8 Å². The number of aliphatic hydroxyl groups is 1. The molecule has 29 heteroatoms. The van der Waals surface area contributed by atoms with E-state index in [0.717, 1.165) is 39.0 Å². The fourth-order valence-corrected chi connectivity index (χ4v) is 12.9. The lowest BCUT2D eigenvalue weighted by molar-refractivity contribution is -0.136. The van der Waals surface area contributed by atoms with Crippen molar-refractivity contribution >= 4 is 115 Å². The molecule has 0 radical (unpaired) electrons. The van der Waals surface area contributed by atoms with Crippen LogP contribution in [0.1, 0.15) is 102 Å². The second kappa shape index (κ2) is 23.3. The highest BCUT2D eigenvalue weighted by atomic mass is 32.1. The molecule has 7 aromatic heterocycles. The summed E-state index contributed by atoms with van der Waals surface area (Å²) < 4.78 is 10.9. The van der Waals surface area contributed by atoms with Gasteiger partial charge in [-0.15, -0.1) is 56.7 Å². The summed E-state index contributed by atoms with van der Waals surface area (Å²) >= 11 is 6.88. The number of hydrogen-bond donors (Lipinski definition) is 6. The van der Waals surface area contributed by atoms with Gasteiger partial charge in [0.15, 0.2) is 5.13 Å². The van der Waals surface area contributed by atoms with Gasteiger partial charge in [-0.25, -0.2) is 45.5 Å². The van der Waals surface area contributed by atoms with Crippen molar-refractivity contribution in [1.29, 1.82) is 0 Å². The Morgan fingerprint density at radius 3 is 2.26 bits per heavy atom. The van der Waals surface area contributed by atoms with E-state index in [4.69, 9.17) is 40.2 Å². The van der Waals surface area contributed by atoms with E-state index in [1.54, 1.807) is 98.7 Å². The molecule has 0 saturated heterocycles. The van der Waals surface area contributed by atoms with Crippen molar-refractivity contribution in [1.82, 2.24) is 55.8 Å². The van der Waals surface area contributed by atoms with Crippen LogP contribution in [0.15, 0.2) is 64.0 Å². The summed E-state index contributed by atoms with van der Waals surface area (Å²) in [6.07, 6.45) is -2.20. The topological polar surface area (TPSA) is 312 Å². The molecule has 0 saturated carbocycles. The number of carbonyl (C=O) groups is 6. The Balaban J connectivity index is 1.14. The zero-order valence-electron chi connectivity index (χ0n) is 42.5. The Bertz CT molecular complexity index is 3560. The molecule has 7 N–H and O–H groups in total. The number of rotatable bonds is 8. The van der Waals surface area contributed by atoms with E-state index >= 15 is 0 Å².